The molecule has 0 N–H and O–H groups in total. The van der Waals surface area contributed by atoms with Crippen LogP contribution >= 0.6 is 11.5 Å². The number of anilines is 1. The number of rotatable bonds is 2. The predicted octanol–water partition coefficient (Wildman–Crippen LogP) is 2.61. The number of piperazine rings is 1. The van der Waals surface area contributed by atoms with E-state index >= 15 is 0 Å². The van der Waals surface area contributed by atoms with E-state index in [9.17, 15) is 4.79 Å². The molecule has 0 spiro atoms. The van der Waals surface area contributed by atoms with Crippen LogP contribution in [0.3, 0.4) is 0 Å². The van der Waals surface area contributed by atoms with Crippen molar-refractivity contribution in [1.82, 2.24) is 23.9 Å². The first-order valence-corrected chi connectivity index (χ1v) is 9.68. The number of carbonyl (C=O) groups excluding carboxylic acids is 1. The average molecular weight is 378 g/mol. The third kappa shape index (κ3) is 2.82. The largest absolute Gasteiger partial charge is 0.352 e. The van der Waals surface area contributed by atoms with Crippen LogP contribution in [0.2, 0.25) is 0 Å². The molecule has 8 heteroatoms. The fraction of sp³-hybridized carbons (Fsp3) is 0.263. The predicted molar refractivity (Wildman–Crippen MR) is 105 cm³/mol. The van der Waals surface area contributed by atoms with Gasteiger partial charge >= 0.3 is 0 Å². The van der Waals surface area contributed by atoms with Gasteiger partial charge in [-0.15, -0.1) is 0 Å². The molecule has 1 fully saturated rings. The fourth-order valence-corrected chi connectivity index (χ4v) is 4.29. The highest BCUT2D eigenvalue weighted by atomic mass is 32.1. The van der Waals surface area contributed by atoms with Gasteiger partial charge < -0.3 is 9.80 Å². The third-order valence-electron chi connectivity index (χ3n) is 4.88. The lowest BCUT2D eigenvalue weighted by atomic mass is 10.2. The van der Waals surface area contributed by atoms with Crippen molar-refractivity contribution >= 4 is 39.0 Å². The fourth-order valence-electron chi connectivity index (χ4n) is 3.50. The summed E-state index contributed by atoms with van der Waals surface area (Å²) in [5, 5.41) is 5.60. The van der Waals surface area contributed by atoms with Gasteiger partial charge in [0.05, 0.1) is 16.6 Å². The van der Waals surface area contributed by atoms with Crippen molar-refractivity contribution in [3.8, 4) is 0 Å². The first-order chi connectivity index (χ1) is 13.2. The van der Waals surface area contributed by atoms with Crippen LogP contribution < -0.4 is 4.90 Å². The van der Waals surface area contributed by atoms with Gasteiger partial charge in [-0.3, -0.25) is 4.79 Å². The summed E-state index contributed by atoms with van der Waals surface area (Å²) < 4.78 is 7.49. The lowest BCUT2D eigenvalue weighted by molar-refractivity contribution is 0.0739. The van der Waals surface area contributed by atoms with Gasteiger partial charge in [-0.2, -0.15) is 9.47 Å². The first-order valence-electron chi connectivity index (χ1n) is 8.91. The number of carbonyl (C=O) groups is 1. The first kappa shape index (κ1) is 16.2. The molecule has 7 nitrogen and oxygen atoms in total. The third-order valence-corrected chi connectivity index (χ3v) is 5.70. The smallest absolute Gasteiger partial charge is 0.274 e. The Morgan fingerprint density at radius 3 is 2.74 bits per heavy atom. The summed E-state index contributed by atoms with van der Waals surface area (Å²) in [7, 11) is 0. The maximum absolute atomic E-state index is 12.9. The van der Waals surface area contributed by atoms with Gasteiger partial charge in [0, 0.05) is 31.6 Å². The van der Waals surface area contributed by atoms with Crippen LogP contribution in [0.15, 0.2) is 42.6 Å². The molecule has 3 aromatic heterocycles. The van der Waals surface area contributed by atoms with Gasteiger partial charge in [-0.05, 0) is 42.7 Å². The van der Waals surface area contributed by atoms with E-state index in [1.165, 1.54) is 21.6 Å². The van der Waals surface area contributed by atoms with E-state index in [0.717, 1.165) is 30.2 Å². The van der Waals surface area contributed by atoms with Crippen molar-refractivity contribution in [2.24, 2.45) is 0 Å². The van der Waals surface area contributed by atoms with Crippen LogP contribution in [0.4, 0.5) is 5.82 Å². The Kier molecular flexibility index (Phi) is 3.78. The quantitative estimate of drug-likeness (QED) is 0.536. The summed E-state index contributed by atoms with van der Waals surface area (Å²) in [6, 6.07) is 11.9. The SMILES string of the molecule is Cc1cn2nc(C(=O)N3CCN(c4nsc5ccccc45)CC3)ccc2n1. The second-order valence-electron chi connectivity index (χ2n) is 6.69. The Bertz CT molecular complexity index is 1140. The van der Waals surface area contributed by atoms with Crippen molar-refractivity contribution in [2.75, 3.05) is 31.1 Å². The molecular weight excluding hydrogens is 360 g/mol. The maximum Gasteiger partial charge on any atom is 0.274 e. The number of nitrogens with zero attached hydrogens (tertiary/aromatic N) is 6. The molecule has 1 saturated heterocycles. The van der Waals surface area contributed by atoms with Crippen molar-refractivity contribution in [3.05, 3.63) is 54.0 Å². The molecule has 0 bridgehead atoms. The molecule has 136 valence electrons. The lowest BCUT2D eigenvalue weighted by Gasteiger charge is -2.34. The second kappa shape index (κ2) is 6.31. The number of fused-ring (bicyclic) bond motifs is 2. The number of benzene rings is 1. The summed E-state index contributed by atoms with van der Waals surface area (Å²) >= 11 is 1.52. The summed E-state index contributed by atoms with van der Waals surface area (Å²) in [5.74, 6) is 0.988. The number of imidazole rings is 1. The Balaban J connectivity index is 1.32. The van der Waals surface area contributed by atoms with Gasteiger partial charge in [0.25, 0.3) is 5.91 Å². The molecule has 0 atom stereocenters. The molecule has 1 aliphatic rings. The lowest BCUT2D eigenvalue weighted by Crippen LogP contribution is -2.49. The summed E-state index contributed by atoms with van der Waals surface area (Å²) in [6.07, 6.45) is 1.83. The van der Waals surface area contributed by atoms with Crippen LogP contribution in [0.25, 0.3) is 15.7 Å². The van der Waals surface area contributed by atoms with Crippen molar-refractivity contribution in [2.45, 2.75) is 6.92 Å². The van der Waals surface area contributed by atoms with Gasteiger partial charge in [-0.1, -0.05) is 12.1 Å². The molecule has 27 heavy (non-hydrogen) atoms. The number of aromatic nitrogens is 4. The molecule has 0 radical (unpaired) electrons. The highest BCUT2D eigenvalue weighted by Gasteiger charge is 2.25. The van der Waals surface area contributed by atoms with Crippen molar-refractivity contribution in [1.29, 1.82) is 0 Å². The number of hydrogen-bond donors (Lipinski definition) is 0. The zero-order chi connectivity index (χ0) is 18.4. The van der Waals surface area contributed by atoms with Gasteiger partial charge in [0.1, 0.15) is 11.5 Å². The molecule has 0 saturated carbocycles. The van der Waals surface area contributed by atoms with Gasteiger partial charge in [0.2, 0.25) is 0 Å². The molecule has 4 aromatic rings. The Morgan fingerprint density at radius 1 is 1.07 bits per heavy atom. The normalized spacial score (nSPS) is 15.0. The van der Waals surface area contributed by atoms with E-state index in [2.05, 4.69) is 31.5 Å². The zero-order valence-corrected chi connectivity index (χ0v) is 15.7. The van der Waals surface area contributed by atoms with Crippen LogP contribution in [-0.4, -0.2) is 56.0 Å². The van der Waals surface area contributed by atoms with Gasteiger partial charge in [0.15, 0.2) is 5.65 Å². The van der Waals surface area contributed by atoms with E-state index < -0.39 is 0 Å². The summed E-state index contributed by atoms with van der Waals surface area (Å²) in [5.41, 5.74) is 2.09. The monoisotopic (exact) mass is 378 g/mol. The van der Waals surface area contributed by atoms with Crippen LogP contribution in [0.1, 0.15) is 16.2 Å². The Hall–Kier alpha value is -3.00. The molecule has 0 aliphatic carbocycles. The average Bonchev–Trinajstić information content (AvgIpc) is 3.29. The van der Waals surface area contributed by atoms with Crippen molar-refractivity contribution in [3.63, 3.8) is 0 Å². The molecule has 1 amide bonds. The van der Waals surface area contributed by atoms with E-state index in [1.54, 1.807) is 10.6 Å². The highest BCUT2D eigenvalue weighted by molar-refractivity contribution is 7.13. The number of hydrogen-bond acceptors (Lipinski definition) is 6. The van der Waals surface area contributed by atoms with E-state index in [4.69, 9.17) is 0 Å². The zero-order valence-electron chi connectivity index (χ0n) is 14.9. The minimum Gasteiger partial charge on any atom is -0.352 e. The topological polar surface area (TPSA) is 66.6 Å². The van der Waals surface area contributed by atoms with E-state index in [1.807, 2.05) is 36.2 Å². The Labute approximate surface area is 160 Å². The minimum absolute atomic E-state index is 0.0361. The summed E-state index contributed by atoms with van der Waals surface area (Å²) in [6.45, 7) is 4.77. The second-order valence-corrected chi connectivity index (χ2v) is 7.49. The van der Waals surface area contributed by atoms with E-state index in [-0.39, 0.29) is 5.91 Å². The number of amides is 1. The van der Waals surface area contributed by atoms with E-state index in [0.29, 0.717) is 18.8 Å². The van der Waals surface area contributed by atoms with Crippen LogP contribution in [0, 0.1) is 6.92 Å². The number of aryl methyl sites for hydroxylation is 1. The molecular formula is C19H18N6OS. The standard InChI is InChI=1S/C19H18N6OS/c1-13-12-25-17(20-13)7-6-15(21-25)19(26)24-10-8-23(9-11-24)18-14-4-2-3-5-16(14)27-22-18/h2-7,12H,8-11H2,1H3. The maximum atomic E-state index is 12.9. The van der Waals surface area contributed by atoms with Gasteiger partial charge in [-0.25, -0.2) is 9.50 Å². The molecule has 4 heterocycles. The van der Waals surface area contributed by atoms with Crippen LogP contribution in [0.5, 0.6) is 0 Å². The van der Waals surface area contributed by atoms with Crippen LogP contribution in [-0.2, 0) is 0 Å². The molecule has 1 aliphatic heterocycles. The minimum atomic E-state index is -0.0361. The molecule has 1 aromatic carbocycles. The van der Waals surface area contributed by atoms with Crippen molar-refractivity contribution < 1.29 is 4.79 Å². The summed E-state index contributed by atoms with van der Waals surface area (Å²) in [4.78, 5) is 21.3. The Morgan fingerprint density at radius 2 is 1.89 bits per heavy atom. The highest BCUT2D eigenvalue weighted by Crippen LogP contribution is 2.29. The molecule has 0 unspecified atom stereocenters. The molecule has 5 rings (SSSR count).